The number of aliphatic carboxylic acids is 1. The normalized spacial score (nSPS) is 11.4. The third kappa shape index (κ3) is 5.48. The van der Waals surface area contributed by atoms with Gasteiger partial charge >= 0.3 is 12.0 Å². The number of nitrogens with one attached hydrogen (secondary N) is 2. The molecule has 1 rings (SSSR count). The zero-order valence-corrected chi connectivity index (χ0v) is 10.00. The molecular weight excluding hydrogens is 252 g/mol. The van der Waals surface area contributed by atoms with Gasteiger partial charge in [-0.3, -0.25) is 9.78 Å². The number of carboxylic acids is 1. The molecule has 8 nitrogen and oxygen atoms in total. The fourth-order valence-corrected chi connectivity index (χ4v) is 1.30. The molecule has 1 aromatic heterocycles. The second kappa shape index (κ2) is 6.94. The molecule has 0 saturated carbocycles. The number of amides is 3. The minimum atomic E-state index is -1.34. The average Bonchev–Trinajstić information content (AvgIpc) is 2.36. The summed E-state index contributed by atoms with van der Waals surface area (Å²) in [4.78, 5) is 36.8. The lowest BCUT2D eigenvalue weighted by Gasteiger charge is -2.13. The van der Waals surface area contributed by atoms with Gasteiger partial charge in [-0.1, -0.05) is 6.07 Å². The van der Waals surface area contributed by atoms with Crippen LogP contribution in [0.1, 0.15) is 12.0 Å². The van der Waals surface area contributed by atoms with E-state index >= 15 is 0 Å². The summed E-state index contributed by atoms with van der Waals surface area (Å²) in [6.45, 7) is 0.197. The van der Waals surface area contributed by atoms with E-state index in [0.29, 0.717) is 0 Å². The van der Waals surface area contributed by atoms with Crippen molar-refractivity contribution in [1.82, 2.24) is 15.6 Å². The number of nitrogens with zero attached hydrogens (tertiary/aromatic N) is 1. The quantitative estimate of drug-likeness (QED) is 0.535. The van der Waals surface area contributed by atoms with E-state index in [1.807, 2.05) is 0 Å². The molecule has 102 valence electrons. The number of hydrogen-bond acceptors (Lipinski definition) is 4. The number of carboxylic acid groups (broad SMARTS) is 1. The van der Waals surface area contributed by atoms with E-state index in [2.05, 4.69) is 15.6 Å². The highest BCUT2D eigenvalue weighted by Crippen LogP contribution is 1.95. The first-order chi connectivity index (χ1) is 8.99. The van der Waals surface area contributed by atoms with Crippen molar-refractivity contribution in [3.63, 3.8) is 0 Å². The van der Waals surface area contributed by atoms with E-state index in [9.17, 15) is 14.4 Å². The van der Waals surface area contributed by atoms with Crippen LogP contribution in [-0.2, 0) is 16.1 Å². The molecule has 3 amide bonds. The number of nitrogens with two attached hydrogens (primary N) is 1. The molecule has 0 spiro atoms. The molecule has 0 bridgehead atoms. The number of urea groups is 1. The highest BCUT2D eigenvalue weighted by atomic mass is 16.4. The molecule has 0 aliphatic rings. The maximum Gasteiger partial charge on any atom is 0.326 e. The topological polar surface area (TPSA) is 134 Å². The van der Waals surface area contributed by atoms with Gasteiger partial charge in [0.2, 0.25) is 5.91 Å². The van der Waals surface area contributed by atoms with Gasteiger partial charge in [-0.25, -0.2) is 9.59 Å². The third-order valence-electron chi connectivity index (χ3n) is 2.18. The second-order valence-electron chi connectivity index (χ2n) is 3.75. The van der Waals surface area contributed by atoms with Gasteiger partial charge in [0, 0.05) is 18.9 Å². The van der Waals surface area contributed by atoms with Crippen LogP contribution in [-0.4, -0.2) is 34.0 Å². The van der Waals surface area contributed by atoms with Gasteiger partial charge < -0.3 is 21.5 Å². The van der Waals surface area contributed by atoms with Crippen molar-refractivity contribution < 1.29 is 19.5 Å². The van der Waals surface area contributed by atoms with Crippen LogP contribution in [0.2, 0.25) is 0 Å². The Morgan fingerprint density at radius 2 is 2.16 bits per heavy atom. The molecule has 1 atom stereocenters. The summed E-state index contributed by atoms with van der Waals surface area (Å²) < 4.78 is 0. The van der Waals surface area contributed by atoms with Crippen LogP contribution in [0, 0.1) is 0 Å². The van der Waals surface area contributed by atoms with Crippen LogP contribution in [0.3, 0.4) is 0 Å². The Bertz CT molecular complexity index is 463. The summed E-state index contributed by atoms with van der Waals surface area (Å²) in [5.41, 5.74) is 5.65. The molecule has 0 fully saturated rings. The van der Waals surface area contributed by atoms with Crippen molar-refractivity contribution in [2.75, 3.05) is 0 Å². The zero-order chi connectivity index (χ0) is 14.3. The van der Waals surface area contributed by atoms with E-state index in [0.717, 1.165) is 5.56 Å². The number of hydrogen-bond donors (Lipinski definition) is 4. The second-order valence-corrected chi connectivity index (χ2v) is 3.75. The highest BCUT2D eigenvalue weighted by Gasteiger charge is 2.21. The van der Waals surface area contributed by atoms with Gasteiger partial charge in [0.25, 0.3) is 0 Å². The van der Waals surface area contributed by atoms with Gasteiger partial charge in [0.05, 0.1) is 6.42 Å². The molecule has 5 N–H and O–H groups in total. The first kappa shape index (κ1) is 14.4. The number of rotatable bonds is 6. The Balaban J connectivity index is 2.45. The molecule has 0 aliphatic carbocycles. The smallest absolute Gasteiger partial charge is 0.326 e. The van der Waals surface area contributed by atoms with E-state index in [1.54, 1.807) is 24.5 Å². The van der Waals surface area contributed by atoms with E-state index in [1.165, 1.54) is 0 Å². The van der Waals surface area contributed by atoms with Gasteiger partial charge in [-0.05, 0) is 11.6 Å². The first-order valence-electron chi connectivity index (χ1n) is 5.43. The van der Waals surface area contributed by atoms with Crippen LogP contribution in [0.4, 0.5) is 4.79 Å². The lowest BCUT2D eigenvalue weighted by molar-refractivity contribution is -0.140. The van der Waals surface area contributed by atoms with Gasteiger partial charge in [-0.15, -0.1) is 0 Å². The molecule has 0 aromatic carbocycles. The molecule has 19 heavy (non-hydrogen) atoms. The number of primary amides is 1. The number of pyridine rings is 1. The predicted molar refractivity (Wildman–Crippen MR) is 64.8 cm³/mol. The van der Waals surface area contributed by atoms with Crippen LogP contribution in [0.25, 0.3) is 0 Å². The number of carbonyl (C=O) groups is 3. The van der Waals surface area contributed by atoms with E-state index in [-0.39, 0.29) is 6.54 Å². The van der Waals surface area contributed by atoms with Crippen molar-refractivity contribution in [1.29, 1.82) is 0 Å². The molecule has 0 radical (unpaired) electrons. The SMILES string of the molecule is NC(=O)CC(NC(=O)NCc1cccnc1)C(=O)O. The molecule has 0 saturated heterocycles. The summed E-state index contributed by atoms with van der Waals surface area (Å²) in [5.74, 6) is -2.13. The maximum absolute atomic E-state index is 11.5. The van der Waals surface area contributed by atoms with Crippen LogP contribution < -0.4 is 16.4 Å². The molecule has 8 heteroatoms. The van der Waals surface area contributed by atoms with Gasteiger partial charge in [-0.2, -0.15) is 0 Å². The van der Waals surface area contributed by atoms with Crippen LogP contribution in [0.15, 0.2) is 24.5 Å². The van der Waals surface area contributed by atoms with Gasteiger partial charge in [0.15, 0.2) is 0 Å². The highest BCUT2D eigenvalue weighted by molar-refractivity contribution is 5.87. The Labute approximate surface area is 109 Å². The minimum absolute atomic E-state index is 0.197. The Morgan fingerprint density at radius 1 is 1.42 bits per heavy atom. The summed E-state index contributed by atoms with van der Waals surface area (Å²) in [6.07, 6.45) is 2.70. The molecule has 0 aliphatic heterocycles. The monoisotopic (exact) mass is 266 g/mol. The zero-order valence-electron chi connectivity index (χ0n) is 10.00. The first-order valence-corrected chi connectivity index (χ1v) is 5.43. The van der Waals surface area contributed by atoms with Crippen molar-refractivity contribution >= 4 is 17.9 Å². The van der Waals surface area contributed by atoms with Crippen molar-refractivity contribution in [3.8, 4) is 0 Å². The lowest BCUT2D eigenvalue weighted by atomic mass is 10.2. The Morgan fingerprint density at radius 3 is 2.68 bits per heavy atom. The van der Waals surface area contributed by atoms with Crippen molar-refractivity contribution in [2.24, 2.45) is 5.73 Å². The molecule has 1 unspecified atom stereocenters. The Hall–Kier alpha value is -2.64. The fourth-order valence-electron chi connectivity index (χ4n) is 1.30. The average molecular weight is 266 g/mol. The lowest BCUT2D eigenvalue weighted by Crippen LogP contribution is -2.47. The standard InChI is InChI=1S/C11H14N4O4/c12-9(16)4-8(10(17)18)15-11(19)14-6-7-2-1-3-13-5-7/h1-3,5,8H,4,6H2,(H2,12,16)(H,17,18)(H2,14,15,19). The summed E-state index contributed by atoms with van der Waals surface area (Å²) in [5, 5.41) is 13.4. The maximum atomic E-state index is 11.5. The molecule has 1 heterocycles. The van der Waals surface area contributed by atoms with Gasteiger partial charge in [0.1, 0.15) is 6.04 Å². The minimum Gasteiger partial charge on any atom is -0.480 e. The third-order valence-corrected chi connectivity index (χ3v) is 2.18. The van der Waals surface area contributed by atoms with Crippen LogP contribution in [0.5, 0.6) is 0 Å². The summed E-state index contributed by atoms with van der Waals surface area (Å²) >= 11 is 0. The predicted octanol–water partition coefficient (Wildman–Crippen LogP) is -0.791. The van der Waals surface area contributed by atoms with Crippen LogP contribution >= 0.6 is 0 Å². The number of carbonyl (C=O) groups excluding carboxylic acids is 2. The largest absolute Gasteiger partial charge is 0.480 e. The van der Waals surface area contributed by atoms with E-state index in [4.69, 9.17) is 10.8 Å². The molecular formula is C11H14N4O4. The molecule has 1 aromatic rings. The van der Waals surface area contributed by atoms with Crippen molar-refractivity contribution in [3.05, 3.63) is 30.1 Å². The summed E-state index contributed by atoms with van der Waals surface area (Å²) in [6, 6.07) is 1.43. The fraction of sp³-hybridized carbons (Fsp3) is 0.273. The van der Waals surface area contributed by atoms with Crippen molar-refractivity contribution in [2.45, 2.75) is 19.0 Å². The summed E-state index contributed by atoms with van der Waals surface area (Å²) in [7, 11) is 0. The Kier molecular flexibility index (Phi) is 5.27. The number of aromatic nitrogens is 1. The van der Waals surface area contributed by atoms with E-state index < -0.39 is 30.4 Å².